The molecule has 140 valence electrons. The smallest absolute Gasteiger partial charge is 0.410 e. The molecule has 26 heavy (non-hydrogen) atoms. The van der Waals surface area contributed by atoms with Crippen molar-refractivity contribution in [2.45, 2.75) is 45.3 Å². The molecule has 1 saturated heterocycles. The van der Waals surface area contributed by atoms with Gasteiger partial charge in [0.2, 0.25) is 0 Å². The van der Waals surface area contributed by atoms with Crippen molar-refractivity contribution < 1.29 is 28.8 Å². The molecule has 1 atom stereocenters. The fourth-order valence-electron chi connectivity index (χ4n) is 2.50. The Hall–Kier alpha value is -2.90. The summed E-state index contributed by atoms with van der Waals surface area (Å²) in [5.74, 6) is -1.96. The van der Waals surface area contributed by atoms with Gasteiger partial charge in [0.15, 0.2) is 0 Å². The quantitative estimate of drug-likeness (QED) is 0.689. The van der Waals surface area contributed by atoms with Crippen LogP contribution in [0.15, 0.2) is 30.3 Å². The van der Waals surface area contributed by atoms with Gasteiger partial charge in [0.25, 0.3) is 11.8 Å². The van der Waals surface area contributed by atoms with E-state index in [1.54, 1.807) is 0 Å². The Bertz CT molecular complexity index is 660. The van der Waals surface area contributed by atoms with Crippen LogP contribution in [0.25, 0.3) is 0 Å². The molecule has 1 aliphatic heterocycles. The molecule has 2 rings (SSSR count). The van der Waals surface area contributed by atoms with Gasteiger partial charge >= 0.3 is 12.1 Å². The number of ether oxygens (including phenoxy) is 1. The molecule has 1 aromatic carbocycles. The highest BCUT2D eigenvalue weighted by Crippen LogP contribution is 2.16. The Morgan fingerprint density at radius 2 is 1.77 bits per heavy atom. The summed E-state index contributed by atoms with van der Waals surface area (Å²) >= 11 is 0. The van der Waals surface area contributed by atoms with Gasteiger partial charge in [-0.2, -0.15) is 0 Å². The average Bonchev–Trinajstić information content (AvgIpc) is 2.96. The number of rotatable bonds is 7. The number of imide groups is 1. The first-order chi connectivity index (χ1) is 12.4. The number of hydrogen-bond acceptors (Lipinski definition) is 6. The molecule has 1 heterocycles. The summed E-state index contributed by atoms with van der Waals surface area (Å²) in [6.45, 7) is 1.91. The fraction of sp³-hybridized carbons (Fsp3) is 0.444. The molecule has 1 aliphatic rings. The van der Waals surface area contributed by atoms with Crippen LogP contribution < -0.4 is 0 Å². The molecule has 0 bridgehead atoms. The molecule has 0 aromatic heterocycles. The number of benzene rings is 1. The van der Waals surface area contributed by atoms with E-state index in [0.29, 0.717) is 17.9 Å². The second kappa shape index (κ2) is 8.98. The lowest BCUT2D eigenvalue weighted by atomic mass is 10.1. The zero-order chi connectivity index (χ0) is 19.1. The maximum Gasteiger partial charge on any atom is 0.410 e. The lowest BCUT2D eigenvalue weighted by Gasteiger charge is -2.26. The maximum absolute atomic E-state index is 12.4. The van der Waals surface area contributed by atoms with E-state index in [1.165, 1.54) is 7.05 Å². The molecule has 0 spiro atoms. The van der Waals surface area contributed by atoms with Crippen LogP contribution in [0.3, 0.4) is 0 Å². The van der Waals surface area contributed by atoms with E-state index >= 15 is 0 Å². The summed E-state index contributed by atoms with van der Waals surface area (Å²) in [5, 5.41) is 0.480. The number of likely N-dealkylation sites (N-methyl/N-ethyl adjacent to an activating group) is 1. The van der Waals surface area contributed by atoms with E-state index in [-0.39, 0.29) is 19.4 Å². The van der Waals surface area contributed by atoms with Crippen LogP contribution in [0, 0.1) is 0 Å². The summed E-state index contributed by atoms with van der Waals surface area (Å²) < 4.78 is 5.21. The topological polar surface area (TPSA) is 93.2 Å². The van der Waals surface area contributed by atoms with Crippen molar-refractivity contribution in [2.75, 3.05) is 7.05 Å². The molecule has 0 N–H and O–H groups in total. The van der Waals surface area contributed by atoms with Crippen LogP contribution in [-0.2, 0) is 30.6 Å². The van der Waals surface area contributed by atoms with Crippen molar-refractivity contribution in [3.05, 3.63) is 35.9 Å². The Labute approximate surface area is 151 Å². The molecular weight excluding hydrogens is 340 g/mol. The zero-order valence-corrected chi connectivity index (χ0v) is 14.8. The first kappa shape index (κ1) is 19.4. The molecule has 8 heteroatoms. The highest BCUT2D eigenvalue weighted by molar-refractivity contribution is 6.01. The first-order valence-corrected chi connectivity index (χ1v) is 8.45. The lowest BCUT2D eigenvalue weighted by Crippen LogP contribution is -2.46. The van der Waals surface area contributed by atoms with Gasteiger partial charge in [-0.15, -0.1) is 5.06 Å². The van der Waals surface area contributed by atoms with Crippen LogP contribution in [0.2, 0.25) is 0 Å². The van der Waals surface area contributed by atoms with Gasteiger partial charge < -0.3 is 9.57 Å². The Kier molecular flexibility index (Phi) is 6.71. The van der Waals surface area contributed by atoms with Crippen molar-refractivity contribution >= 4 is 23.9 Å². The SMILES string of the molecule is CCC[C@@H](C(=O)ON1C(=O)CCC1=O)N(C)C(=O)OCc1ccccc1. The molecular formula is C18H22N2O6. The number of amides is 3. The van der Waals surface area contributed by atoms with Crippen LogP contribution in [0.4, 0.5) is 4.79 Å². The molecule has 0 aliphatic carbocycles. The molecule has 1 aromatic rings. The monoisotopic (exact) mass is 362 g/mol. The summed E-state index contributed by atoms with van der Waals surface area (Å²) in [7, 11) is 1.42. The number of nitrogens with zero attached hydrogens (tertiary/aromatic N) is 2. The normalized spacial score (nSPS) is 14.9. The second-order valence-electron chi connectivity index (χ2n) is 5.95. The standard InChI is InChI=1S/C18H22N2O6/c1-3-7-14(17(23)26-20-15(21)10-11-16(20)22)19(2)18(24)25-12-13-8-5-4-6-9-13/h4-6,8-9,14H,3,7,10-12H2,1-2H3/t14-/m0/s1. The third kappa shape index (κ3) is 4.81. The van der Waals surface area contributed by atoms with Crippen molar-refractivity contribution in [1.82, 2.24) is 9.96 Å². The summed E-state index contributed by atoms with van der Waals surface area (Å²) in [5.41, 5.74) is 0.817. The van der Waals surface area contributed by atoms with Crippen LogP contribution in [-0.4, -0.2) is 46.9 Å². The molecule has 8 nitrogen and oxygen atoms in total. The van der Waals surface area contributed by atoms with Crippen LogP contribution >= 0.6 is 0 Å². The van der Waals surface area contributed by atoms with Crippen molar-refractivity contribution in [2.24, 2.45) is 0 Å². The van der Waals surface area contributed by atoms with E-state index in [1.807, 2.05) is 37.3 Å². The largest absolute Gasteiger partial charge is 0.445 e. The number of hydrogen-bond donors (Lipinski definition) is 0. The minimum Gasteiger partial charge on any atom is -0.445 e. The van der Waals surface area contributed by atoms with Gasteiger partial charge in [-0.1, -0.05) is 43.7 Å². The molecule has 0 unspecified atom stereocenters. The zero-order valence-electron chi connectivity index (χ0n) is 14.8. The maximum atomic E-state index is 12.4. The minimum atomic E-state index is -0.954. The Morgan fingerprint density at radius 1 is 1.15 bits per heavy atom. The predicted molar refractivity (Wildman–Crippen MR) is 90.3 cm³/mol. The van der Waals surface area contributed by atoms with E-state index < -0.39 is 29.9 Å². The van der Waals surface area contributed by atoms with Gasteiger partial charge in [-0.3, -0.25) is 14.5 Å². The van der Waals surface area contributed by atoms with Crippen molar-refractivity contribution in [3.8, 4) is 0 Å². The van der Waals surface area contributed by atoms with E-state index in [4.69, 9.17) is 9.57 Å². The van der Waals surface area contributed by atoms with Gasteiger partial charge in [0.1, 0.15) is 12.6 Å². The minimum absolute atomic E-state index is 0.0134. The number of carbonyl (C=O) groups is 4. The molecule has 0 radical (unpaired) electrons. The summed E-state index contributed by atoms with van der Waals surface area (Å²) in [4.78, 5) is 53.9. The first-order valence-electron chi connectivity index (χ1n) is 8.45. The van der Waals surface area contributed by atoms with E-state index in [2.05, 4.69) is 0 Å². The highest BCUT2D eigenvalue weighted by Gasteiger charge is 2.37. The highest BCUT2D eigenvalue weighted by atomic mass is 16.7. The van der Waals surface area contributed by atoms with Crippen molar-refractivity contribution in [3.63, 3.8) is 0 Å². The number of hydroxylamine groups is 2. The van der Waals surface area contributed by atoms with E-state index in [9.17, 15) is 19.2 Å². The fourth-order valence-corrected chi connectivity index (χ4v) is 2.50. The number of carbonyl (C=O) groups excluding carboxylic acids is 4. The lowest BCUT2D eigenvalue weighted by molar-refractivity contribution is -0.200. The van der Waals surface area contributed by atoms with Gasteiger partial charge in [0, 0.05) is 19.9 Å². The molecule has 0 saturated carbocycles. The third-order valence-electron chi connectivity index (χ3n) is 3.98. The molecule has 1 fully saturated rings. The summed E-state index contributed by atoms with van der Waals surface area (Å²) in [6.07, 6.45) is 0.242. The van der Waals surface area contributed by atoms with Gasteiger partial charge in [0.05, 0.1) is 0 Å². The summed E-state index contributed by atoms with van der Waals surface area (Å²) in [6, 6.07) is 8.18. The van der Waals surface area contributed by atoms with Gasteiger partial charge in [-0.05, 0) is 12.0 Å². The third-order valence-corrected chi connectivity index (χ3v) is 3.98. The van der Waals surface area contributed by atoms with Crippen LogP contribution in [0.1, 0.15) is 38.2 Å². The predicted octanol–water partition coefficient (Wildman–Crippen LogP) is 2.03. The second-order valence-corrected chi connectivity index (χ2v) is 5.95. The van der Waals surface area contributed by atoms with Gasteiger partial charge in [-0.25, -0.2) is 9.59 Å². The van der Waals surface area contributed by atoms with Crippen molar-refractivity contribution in [1.29, 1.82) is 0 Å². The van der Waals surface area contributed by atoms with E-state index in [0.717, 1.165) is 10.5 Å². The Morgan fingerprint density at radius 3 is 2.35 bits per heavy atom. The Balaban J connectivity index is 1.97. The van der Waals surface area contributed by atoms with Crippen LogP contribution in [0.5, 0.6) is 0 Å². The molecule has 3 amide bonds. The average molecular weight is 362 g/mol.